The highest BCUT2D eigenvalue weighted by Crippen LogP contribution is 2.36. The van der Waals surface area contributed by atoms with E-state index in [0.29, 0.717) is 17.1 Å². The number of benzene rings is 1. The number of halogens is 6. The molecule has 3 unspecified atom stereocenters. The molecule has 5 nitrogen and oxygen atoms in total. The Labute approximate surface area is 131 Å². The van der Waals surface area contributed by atoms with Crippen LogP contribution in [0.25, 0.3) is 0 Å². The third kappa shape index (κ3) is 3.29. The zero-order valence-electron chi connectivity index (χ0n) is 11.5. The number of rotatable bonds is 2. The Hall–Kier alpha value is -2.32. The van der Waals surface area contributed by atoms with Crippen molar-refractivity contribution >= 4 is 11.4 Å². The molecule has 0 aromatic heterocycles. The lowest BCUT2D eigenvalue weighted by atomic mass is 9.95. The standard InChI is InChI=1S/C13H9F6N3O2/c14-12(15,16)6-1-3-7(4-2-6)22-11(24)9(8(5-20)21-22)10(23)13(17,18)19/h1-4,9-11,23-24H. The molecule has 0 radical (unpaired) electrons. The summed E-state index contributed by atoms with van der Waals surface area (Å²) in [5.74, 6) is -2.07. The minimum atomic E-state index is -5.11. The second kappa shape index (κ2) is 5.95. The molecule has 1 aliphatic heterocycles. The third-order valence-corrected chi connectivity index (χ3v) is 3.35. The Bertz CT molecular complexity index is 677. The first-order chi connectivity index (χ1) is 11.0. The maximum atomic E-state index is 12.6. The van der Waals surface area contributed by atoms with Gasteiger partial charge in [0.2, 0.25) is 0 Å². The molecule has 130 valence electrons. The summed E-state index contributed by atoms with van der Waals surface area (Å²) in [6.07, 6.45) is -14.8. The zero-order chi connectivity index (χ0) is 18.3. The van der Waals surface area contributed by atoms with Crippen molar-refractivity contribution in [3.63, 3.8) is 0 Å². The highest BCUT2D eigenvalue weighted by Gasteiger charge is 2.52. The molecule has 2 rings (SSSR count). The average molecular weight is 353 g/mol. The van der Waals surface area contributed by atoms with E-state index in [9.17, 15) is 36.6 Å². The maximum absolute atomic E-state index is 12.6. The van der Waals surface area contributed by atoms with Crippen molar-refractivity contribution in [2.75, 3.05) is 5.01 Å². The smallest absolute Gasteiger partial charge is 0.383 e. The van der Waals surface area contributed by atoms with Gasteiger partial charge in [-0.25, -0.2) is 5.01 Å². The van der Waals surface area contributed by atoms with Gasteiger partial charge in [0.1, 0.15) is 11.8 Å². The number of nitrogens with zero attached hydrogens (tertiary/aromatic N) is 3. The number of aliphatic hydroxyl groups excluding tert-OH is 2. The molecule has 0 saturated carbocycles. The van der Waals surface area contributed by atoms with E-state index in [4.69, 9.17) is 5.26 Å². The van der Waals surface area contributed by atoms with Crippen LogP contribution in [0, 0.1) is 17.2 Å². The van der Waals surface area contributed by atoms with Crippen LogP contribution in [-0.4, -0.2) is 34.4 Å². The molecule has 1 aromatic carbocycles. The van der Waals surface area contributed by atoms with Crippen LogP contribution >= 0.6 is 0 Å². The van der Waals surface area contributed by atoms with Crippen molar-refractivity contribution in [3.8, 4) is 6.07 Å². The summed E-state index contributed by atoms with van der Waals surface area (Å²) < 4.78 is 75.4. The van der Waals surface area contributed by atoms with Gasteiger partial charge in [-0.15, -0.1) is 0 Å². The molecule has 0 fully saturated rings. The second-order valence-electron chi connectivity index (χ2n) is 4.91. The molecular weight excluding hydrogens is 344 g/mol. The monoisotopic (exact) mass is 353 g/mol. The molecule has 11 heteroatoms. The molecular formula is C13H9F6N3O2. The number of anilines is 1. The van der Waals surface area contributed by atoms with Gasteiger partial charge in [0.05, 0.1) is 17.2 Å². The van der Waals surface area contributed by atoms with Crippen LogP contribution in [0.2, 0.25) is 0 Å². The average Bonchev–Trinajstić information content (AvgIpc) is 2.81. The van der Waals surface area contributed by atoms with Crippen molar-refractivity contribution in [3.05, 3.63) is 29.8 Å². The van der Waals surface area contributed by atoms with Gasteiger partial charge >= 0.3 is 12.4 Å². The number of hydrogen-bond donors (Lipinski definition) is 2. The first-order valence-electron chi connectivity index (χ1n) is 6.34. The lowest BCUT2D eigenvalue weighted by Gasteiger charge is -2.26. The Morgan fingerprint density at radius 3 is 2.08 bits per heavy atom. The van der Waals surface area contributed by atoms with Gasteiger partial charge in [0.15, 0.2) is 12.3 Å². The lowest BCUT2D eigenvalue weighted by Crippen LogP contribution is -2.46. The van der Waals surface area contributed by atoms with Crippen LogP contribution in [-0.2, 0) is 6.18 Å². The quantitative estimate of drug-likeness (QED) is 0.800. The Morgan fingerprint density at radius 1 is 1.12 bits per heavy atom. The van der Waals surface area contributed by atoms with E-state index in [1.165, 1.54) is 6.07 Å². The first-order valence-corrected chi connectivity index (χ1v) is 6.34. The highest BCUT2D eigenvalue weighted by atomic mass is 19.4. The minimum Gasteiger partial charge on any atom is -0.383 e. The number of hydrogen-bond acceptors (Lipinski definition) is 5. The Morgan fingerprint density at radius 2 is 1.67 bits per heavy atom. The number of aliphatic hydroxyl groups is 2. The highest BCUT2D eigenvalue weighted by molar-refractivity contribution is 6.03. The van der Waals surface area contributed by atoms with E-state index >= 15 is 0 Å². The second-order valence-corrected chi connectivity index (χ2v) is 4.91. The van der Waals surface area contributed by atoms with E-state index < -0.39 is 41.9 Å². The summed E-state index contributed by atoms with van der Waals surface area (Å²) in [5, 5.41) is 32.1. The van der Waals surface area contributed by atoms with Gasteiger partial charge < -0.3 is 10.2 Å². The molecule has 0 amide bonds. The summed E-state index contributed by atoms with van der Waals surface area (Å²) in [5.41, 5.74) is -1.95. The third-order valence-electron chi connectivity index (χ3n) is 3.35. The molecule has 2 N–H and O–H groups in total. The number of alkyl halides is 6. The normalized spacial score (nSPS) is 23.0. The topological polar surface area (TPSA) is 79.9 Å². The van der Waals surface area contributed by atoms with Crippen LogP contribution in [0.1, 0.15) is 5.56 Å². The molecule has 3 atom stereocenters. The summed E-state index contributed by atoms with van der Waals surface area (Å²) in [6.45, 7) is 0. The Balaban J connectivity index is 2.33. The SMILES string of the molecule is N#CC1=NN(c2ccc(C(F)(F)F)cc2)C(O)C1C(O)C(F)(F)F. The molecule has 0 saturated heterocycles. The number of hydrazone groups is 1. The fourth-order valence-electron chi connectivity index (χ4n) is 2.16. The first kappa shape index (κ1) is 18.0. The van der Waals surface area contributed by atoms with Crippen LogP contribution in [0.4, 0.5) is 32.0 Å². The molecule has 24 heavy (non-hydrogen) atoms. The maximum Gasteiger partial charge on any atom is 0.416 e. The van der Waals surface area contributed by atoms with Crippen molar-refractivity contribution < 1.29 is 36.6 Å². The van der Waals surface area contributed by atoms with Crippen LogP contribution < -0.4 is 5.01 Å². The Kier molecular flexibility index (Phi) is 4.47. The van der Waals surface area contributed by atoms with Gasteiger partial charge in [0.25, 0.3) is 0 Å². The lowest BCUT2D eigenvalue weighted by molar-refractivity contribution is -0.218. The molecule has 1 heterocycles. The van der Waals surface area contributed by atoms with Crippen LogP contribution in [0.15, 0.2) is 29.4 Å². The fourth-order valence-corrected chi connectivity index (χ4v) is 2.16. The van der Waals surface area contributed by atoms with E-state index in [-0.39, 0.29) is 5.69 Å². The van der Waals surface area contributed by atoms with Crippen LogP contribution in [0.3, 0.4) is 0 Å². The fraction of sp³-hybridized carbons (Fsp3) is 0.385. The minimum absolute atomic E-state index is 0.167. The molecule has 0 aliphatic carbocycles. The summed E-state index contributed by atoms with van der Waals surface area (Å²) in [7, 11) is 0. The largest absolute Gasteiger partial charge is 0.416 e. The summed E-state index contributed by atoms with van der Waals surface area (Å²) in [6, 6.07) is 4.40. The van der Waals surface area contributed by atoms with Crippen molar-refractivity contribution in [1.29, 1.82) is 5.26 Å². The van der Waals surface area contributed by atoms with Crippen molar-refractivity contribution in [2.24, 2.45) is 11.0 Å². The summed E-state index contributed by atoms with van der Waals surface area (Å²) >= 11 is 0. The predicted octanol–water partition coefficient (Wildman–Crippen LogP) is 2.26. The van der Waals surface area contributed by atoms with E-state index in [2.05, 4.69) is 5.10 Å². The summed E-state index contributed by atoms with van der Waals surface area (Å²) in [4.78, 5) is 0. The van der Waals surface area contributed by atoms with E-state index in [1.54, 1.807) is 0 Å². The van der Waals surface area contributed by atoms with E-state index in [0.717, 1.165) is 12.1 Å². The predicted molar refractivity (Wildman–Crippen MR) is 68.5 cm³/mol. The van der Waals surface area contributed by atoms with Gasteiger partial charge in [-0.1, -0.05) is 0 Å². The van der Waals surface area contributed by atoms with Gasteiger partial charge in [-0.3, -0.25) is 0 Å². The molecule has 0 bridgehead atoms. The molecule has 1 aromatic rings. The number of nitriles is 1. The molecule has 1 aliphatic rings. The van der Waals surface area contributed by atoms with Gasteiger partial charge in [0, 0.05) is 0 Å². The van der Waals surface area contributed by atoms with Crippen molar-refractivity contribution in [2.45, 2.75) is 24.7 Å². The van der Waals surface area contributed by atoms with Gasteiger partial charge in [-0.05, 0) is 24.3 Å². The molecule has 0 spiro atoms. The van der Waals surface area contributed by atoms with E-state index in [1.807, 2.05) is 0 Å². The van der Waals surface area contributed by atoms with Crippen molar-refractivity contribution in [1.82, 2.24) is 0 Å². The zero-order valence-corrected chi connectivity index (χ0v) is 11.5. The van der Waals surface area contributed by atoms with Gasteiger partial charge in [-0.2, -0.15) is 36.7 Å². The van der Waals surface area contributed by atoms with Crippen LogP contribution in [0.5, 0.6) is 0 Å².